The van der Waals surface area contributed by atoms with Crippen molar-refractivity contribution >= 4 is 22.6 Å². The van der Waals surface area contributed by atoms with Gasteiger partial charge in [0.2, 0.25) is 5.91 Å². The second-order valence-corrected chi connectivity index (χ2v) is 7.23. The van der Waals surface area contributed by atoms with E-state index in [4.69, 9.17) is 5.73 Å². The molecule has 1 fully saturated rings. The molecular weight excluding hydrogens is 324 g/mol. The number of imidazole rings is 1. The minimum absolute atomic E-state index is 0.0643. The molecule has 0 radical (unpaired) electrons. The molecule has 0 atom stereocenters. The number of nitrogens with one attached hydrogen (secondary N) is 1. The number of amides is 1. The number of fused-ring (bicyclic) bond motifs is 1. The summed E-state index contributed by atoms with van der Waals surface area (Å²) in [5.41, 5.74) is 9.66. The molecule has 134 valence electrons. The molecule has 2 aromatic carbocycles. The van der Waals surface area contributed by atoms with Gasteiger partial charge in [-0.15, -0.1) is 0 Å². The fourth-order valence-electron chi connectivity index (χ4n) is 3.69. The molecule has 3 N–H and O–H groups in total. The molecular formula is C21H24N4O. The molecule has 0 aliphatic heterocycles. The lowest BCUT2D eigenvalue weighted by molar-refractivity contribution is -0.122. The van der Waals surface area contributed by atoms with E-state index >= 15 is 0 Å². The third-order valence-electron chi connectivity index (χ3n) is 5.29. The molecule has 5 heteroatoms. The molecule has 0 spiro atoms. The fraction of sp³-hybridized carbons (Fsp3) is 0.333. The number of para-hydroxylation sites is 2. The van der Waals surface area contributed by atoms with E-state index in [2.05, 4.69) is 20.9 Å². The van der Waals surface area contributed by atoms with Gasteiger partial charge < -0.3 is 15.6 Å². The predicted molar refractivity (Wildman–Crippen MR) is 104 cm³/mol. The molecule has 1 saturated carbocycles. The molecule has 3 aromatic rings. The van der Waals surface area contributed by atoms with Crippen LogP contribution < -0.4 is 11.1 Å². The van der Waals surface area contributed by atoms with Crippen molar-refractivity contribution in [2.75, 3.05) is 5.32 Å². The van der Waals surface area contributed by atoms with E-state index in [9.17, 15) is 4.79 Å². The van der Waals surface area contributed by atoms with Crippen LogP contribution in [0.3, 0.4) is 0 Å². The van der Waals surface area contributed by atoms with E-state index in [0.717, 1.165) is 54.5 Å². The van der Waals surface area contributed by atoms with Gasteiger partial charge in [0.1, 0.15) is 0 Å². The van der Waals surface area contributed by atoms with Crippen LogP contribution in [0.5, 0.6) is 0 Å². The maximum absolute atomic E-state index is 12.5. The normalized spacial score (nSPS) is 16.5. The number of anilines is 1. The largest absolute Gasteiger partial charge is 0.326 e. The molecule has 0 saturated heterocycles. The van der Waals surface area contributed by atoms with Crippen molar-refractivity contribution in [1.82, 2.24) is 9.55 Å². The maximum atomic E-state index is 12.5. The fourth-order valence-corrected chi connectivity index (χ4v) is 3.69. The van der Waals surface area contributed by atoms with E-state index in [1.807, 2.05) is 48.8 Å². The molecule has 1 amide bonds. The van der Waals surface area contributed by atoms with Gasteiger partial charge in [0, 0.05) is 12.2 Å². The van der Waals surface area contributed by atoms with Crippen LogP contribution in [0.4, 0.5) is 5.69 Å². The monoisotopic (exact) mass is 348 g/mol. The van der Waals surface area contributed by atoms with Crippen LogP contribution in [0.25, 0.3) is 11.0 Å². The van der Waals surface area contributed by atoms with Crippen LogP contribution >= 0.6 is 0 Å². The van der Waals surface area contributed by atoms with Crippen molar-refractivity contribution in [2.45, 2.75) is 44.2 Å². The molecule has 1 aliphatic rings. The maximum Gasteiger partial charge on any atom is 0.244 e. The summed E-state index contributed by atoms with van der Waals surface area (Å²) in [7, 11) is 0. The number of benzene rings is 2. The first-order valence-electron chi connectivity index (χ1n) is 9.23. The highest BCUT2D eigenvalue weighted by molar-refractivity contribution is 5.98. The number of carbonyl (C=O) groups excluding carboxylic acids is 1. The minimum atomic E-state index is -0.716. The van der Waals surface area contributed by atoms with Crippen LogP contribution in [0.15, 0.2) is 54.9 Å². The third kappa shape index (κ3) is 3.35. The third-order valence-corrected chi connectivity index (χ3v) is 5.29. The van der Waals surface area contributed by atoms with Crippen molar-refractivity contribution < 1.29 is 4.79 Å². The lowest BCUT2D eigenvalue weighted by Crippen LogP contribution is -2.52. The number of carbonyl (C=O) groups is 1. The number of hydrogen-bond acceptors (Lipinski definition) is 3. The summed E-state index contributed by atoms with van der Waals surface area (Å²) in [5, 5.41) is 2.98. The first kappa shape index (κ1) is 16.8. The Morgan fingerprint density at radius 1 is 1.08 bits per heavy atom. The minimum Gasteiger partial charge on any atom is -0.326 e. The number of aromatic nitrogens is 2. The quantitative estimate of drug-likeness (QED) is 0.755. The number of rotatable bonds is 4. The first-order valence-corrected chi connectivity index (χ1v) is 9.23. The van der Waals surface area contributed by atoms with Gasteiger partial charge in [-0.3, -0.25) is 4.79 Å². The summed E-state index contributed by atoms with van der Waals surface area (Å²) in [6, 6.07) is 16.1. The molecule has 1 heterocycles. The Bertz CT molecular complexity index is 907. The van der Waals surface area contributed by atoms with Crippen molar-refractivity contribution in [1.29, 1.82) is 0 Å². The zero-order chi connectivity index (χ0) is 18.0. The Balaban J connectivity index is 1.44. The second-order valence-electron chi connectivity index (χ2n) is 7.23. The van der Waals surface area contributed by atoms with Crippen molar-refractivity contribution in [3.05, 3.63) is 60.4 Å². The predicted octanol–water partition coefficient (Wildman–Crippen LogP) is 3.68. The van der Waals surface area contributed by atoms with Crippen LogP contribution in [-0.2, 0) is 11.3 Å². The summed E-state index contributed by atoms with van der Waals surface area (Å²) in [4.78, 5) is 17.0. The number of nitrogens with two attached hydrogens (primary N) is 1. The van der Waals surface area contributed by atoms with Gasteiger partial charge in [-0.2, -0.15) is 0 Å². The van der Waals surface area contributed by atoms with Crippen LogP contribution in [0.1, 0.15) is 37.7 Å². The Morgan fingerprint density at radius 2 is 1.81 bits per heavy atom. The van der Waals surface area contributed by atoms with Crippen LogP contribution in [0, 0.1) is 0 Å². The van der Waals surface area contributed by atoms with Gasteiger partial charge in [-0.25, -0.2) is 4.98 Å². The van der Waals surface area contributed by atoms with Crippen molar-refractivity contribution in [3.8, 4) is 0 Å². The first-order chi connectivity index (χ1) is 12.6. The van der Waals surface area contributed by atoms with Crippen LogP contribution in [0.2, 0.25) is 0 Å². The van der Waals surface area contributed by atoms with E-state index in [1.54, 1.807) is 0 Å². The summed E-state index contributed by atoms with van der Waals surface area (Å²) < 4.78 is 2.12. The lowest BCUT2D eigenvalue weighted by atomic mass is 9.82. The second kappa shape index (κ2) is 6.92. The Labute approximate surface area is 153 Å². The number of nitrogens with zero attached hydrogens (tertiary/aromatic N) is 2. The Morgan fingerprint density at radius 3 is 2.58 bits per heavy atom. The van der Waals surface area contributed by atoms with Gasteiger partial charge in [-0.05, 0) is 42.7 Å². The average Bonchev–Trinajstić information content (AvgIpc) is 3.07. The van der Waals surface area contributed by atoms with Gasteiger partial charge in [0.25, 0.3) is 0 Å². The molecule has 26 heavy (non-hydrogen) atoms. The molecule has 5 nitrogen and oxygen atoms in total. The topological polar surface area (TPSA) is 72.9 Å². The SMILES string of the molecule is NC1(C(=O)Nc2ccc(Cn3cnc4ccccc43)cc2)CCCCC1. The van der Waals surface area contributed by atoms with E-state index in [0.29, 0.717) is 0 Å². The Hall–Kier alpha value is -2.66. The average molecular weight is 348 g/mol. The standard InChI is InChI=1S/C21H24N4O/c22-21(12-4-1-5-13-21)20(26)24-17-10-8-16(9-11-17)14-25-15-23-18-6-2-3-7-19(18)25/h2-3,6-11,15H,1,4-5,12-14,22H2,(H,24,26). The Kier molecular flexibility index (Phi) is 4.47. The highest BCUT2D eigenvalue weighted by Gasteiger charge is 2.35. The summed E-state index contributed by atoms with van der Waals surface area (Å²) >= 11 is 0. The van der Waals surface area contributed by atoms with E-state index < -0.39 is 5.54 Å². The molecule has 0 bridgehead atoms. The van der Waals surface area contributed by atoms with Crippen LogP contribution in [-0.4, -0.2) is 21.0 Å². The van der Waals surface area contributed by atoms with Gasteiger partial charge in [0.15, 0.2) is 0 Å². The highest BCUT2D eigenvalue weighted by Crippen LogP contribution is 2.27. The van der Waals surface area contributed by atoms with Gasteiger partial charge in [0.05, 0.1) is 22.9 Å². The smallest absolute Gasteiger partial charge is 0.244 e. The summed E-state index contributed by atoms with van der Waals surface area (Å²) in [5.74, 6) is -0.0643. The summed E-state index contributed by atoms with van der Waals surface area (Å²) in [6.07, 6.45) is 6.63. The highest BCUT2D eigenvalue weighted by atomic mass is 16.2. The summed E-state index contributed by atoms with van der Waals surface area (Å²) in [6.45, 7) is 0.746. The van der Waals surface area contributed by atoms with Crippen molar-refractivity contribution in [3.63, 3.8) is 0 Å². The van der Waals surface area contributed by atoms with Gasteiger partial charge >= 0.3 is 0 Å². The zero-order valence-corrected chi connectivity index (χ0v) is 14.8. The molecule has 1 aromatic heterocycles. The van der Waals surface area contributed by atoms with Gasteiger partial charge in [-0.1, -0.05) is 43.5 Å². The molecule has 4 rings (SSSR count). The molecule has 1 aliphatic carbocycles. The van der Waals surface area contributed by atoms with E-state index in [1.165, 1.54) is 6.42 Å². The van der Waals surface area contributed by atoms with E-state index in [-0.39, 0.29) is 5.91 Å². The lowest BCUT2D eigenvalue weighted by Gasteiger charge is -2.31. The number of hydrogen-bond donors (Lipinski definition) is 2. The zero-order valence-electron chi connectivity index (χ0n) is 14.8. The van der Waals surface area contributed by atoms with Crippen molar-refractivity contribution in [2.24, 2.45) is 5.73 Å². The molecule has 0 unspecified atom stereocenters.